The molecule has 0 aliphatic rings. The maximum Gasteiger partial charge on any atom is 0.285 e. The first kappa shape index (κ1) is 19.7. The van der Waals surface area contributed by atoms with Gasteiger partial charge >= 0.3 is 0 Å². The number of hydrogen-bond acceptors (Lipinski definition) is 7. The van der Waals surface area contributed by atoms with E-state index in [1.54, 1.807) is 10.3 Å². The van der Waals surface area contributed by atoms with Crippen LogP contribution < -0.4 is 15.9 Å². The Hall–Kier alpha value is -3.04. The second-order valence-corrected chi connectivity index (χ2v) is 7.14. The Morgan fingerprint density at radius 1 is 1.39 bits per heavy atom. The number of halogens is 1. The fourth-order valence-electron chi connectivity index (χ4n) is 2.45. The summed E-state index contributed by atoms with van der Waals surface area (Å²) in [4.78, 5) is 29.7. The summed E-state index contributed by atoms with van der Waals surface area (Å²) in [6.45, 7) is 5.47. The van der Waals surface area contributed by atoms with Crippen molar-refractivity contribution in [3.8, 4) is 0 Å². The van der Waals surface area contributed by atoms with Crippen molar-refractivity contribution < 1.29 is 4.79 Å². The molecule has 2 aromatic heterocycles. The molecular weight excluding hydrogens is 400 g/mol. The Kier molecular flexibility index (Phi) is 5.86. The van der Waals surface area contributed by atoms with Crippen molar-refractivity contribution in [2.24, 2.45) is 5.10 Å². The van der Waals surface area contributed by atoms with Crippen molar-refractivity contribution in [3.63, 3.8) is 0 Å². The maximum absolute atomic E-state index is 12.3. The number of H-pyrrole nitrogens is 1. The molecule has 2 heterocycles. The first-order valence-corrected chi connectivity index (χ1v) is 9.49. The van der Waals surface area contributed by atoms with Crippen molar-refractivity contribution in [1.82, 2.24) is 15.2 Å². The van der Waals surface area contributed by atoms with Crippen LogP contribution in [-0.4, -0.2) is 27.3 Å². The normalized spacial score (nSPS) is 11.0. The van der Waals surface area contributed by atoms with Crippen molar-refractivity contribution in [2.45, 2.75) is 20.8 Å². The van der Waals surface area contributed by atoms with E-state index in [9.17, 15) is 9.59 Å². The molecule has 0 saturated heterocycles. The molecule has 0 bridgehead atoms. The number of rotatable bonds is 5. The molecule has 0 radical (unpaired) electrons. The van der Waals surface area contributed by atoms with Crippen LogP contribution in [0.5, 0.6) is 0 Å². The predicted octanol–water partition coefficient (Wildman–Crippen LogP) is 3.63. The van der Waals surface area contributed by atoms with E-state index in [0.29, 0.717) is 10.8 Å². The molecule has 1 aromatic carbocycles. The minimum absolute atomic E-state index is 0.0382. The number of nitrogens with zero attached hydrogens (tertiary/aromatic N) is 4. The number of hydrazone groups is 1. The molecule has 0 aliphatic heterocycles. The summed E-state index contributed by atoms with van der Waals surface area (Å²) in [5.74, 6) is -0.133. The van der Waals surface area contributed by atoms with Gasteiger partial charge in [0.05, 0.1) is 23.8 Å². The number of aromatic nitrogens is 3. The topological polar surface area (TPSA) is 103 Å². The third-order valence-electron chi connectivity index (χ3n) is 4.01. The van der Waals surface area contributed by atoms with Crippen LogP contribution in [0.4, 0.5) is 16.5 Å². The zero-order valence-corrected chi connectivity index (χ0v) is 16.9. The predicted molar refractivity (Wildman–Crippen MR) is 112 cm³/mol. The van der Waals surface area contributed by atoms with Crippen molar-refractivity contribution in [3.05, 3.63) is 62.0 Å². The van der Waals surface area contributed by atoms with Crippen LogP contribution in [0, 0.1) is 13.8 Å². The van der Waals surface area contributed by atoms with E-state index < -0.39 is 5.56 Å². The number of hydrogen-bond donors (Lipinski definition) is 2. The molecule has 2 N–H and O–H groups in total. The van der Waals surface area contributed by atoms with E-state index in [1.807, 2.05) is 32.0 Å². The zero-order valence-electron chi connectivity index (χ0n) is 15.4. The van der Waals surface area contributed by atoms with E-state index in [1.165, 1.54) is 30.7 Å². The fourth-order valence-corrected chi connectivity index (χ4v) is 3.42. The average molecular weight is 417 g/mol. The first-order chi connectivity index (χ1) is 13.4. The van der Waals surface area contributed by atoms with Crippen LogP contribution in [0.25, 0.3) is 0 Å². The van der Waals surface area contributed by atoms with Gasteiger partial charge in [0.25, 0.3) is 5.56 Å². The van der Waals surface area contributed by atoms with Crippen LogP contribution in [0.15, 0.2) is 39.7 Å². The second-order valence-electron chi connectivity index (χ2n) is 5.93. The highest BCUT2D eigenvalue weighted by atomic mass is 35.5. The van der Waals surface area contributed by atoms with Gasteiger partial charge in [-0.1, -0.05) is 23.7 Å². The number of carbonyl (C=O) groups is 1. The molecular formula is C18H17ClN6O2S. The Balaban J connectivity index is 1.83. The van der Waals surface area contributed by atoms with E-state index in [0.717, 1.165) is 16.8 Å². The monoisotopic (exact) mass is 416 g/mol. The first-order valence-electron chi connectivity index (χ1n) is 8.23. The van der Waals surface area contributed by atoms with E-state index >= 15 is 0 Å². The number of amides is 1. The van der Waals surface area contributed by atoms with E-state index in [2.05, 4.69) is 25.7 Å². The Labute approximate surface area is 169 Å². The van der Waals surface area contributed by atoms with Gasteiger partial charge in [-0.2, -0.15) is 10.2 Å². The molecule has 10 heteroatoms. The van der Waals surface area contributed by atoms with Crippen molar-refractivity contribution in [1.29, 1.82) is 0 Å². The van der Waals surface area contributed by atoms with Crippen LogP contribution in [-0.2, 0) is 4.79 Å². The number of anilines is 3. The third-order valence-corrected chi connectivity index (χ3v) is 5.23. The van der Waals surface area contributed by atoms with Gasteiger partial charge in [-0.15, -0.1) is 11.3 Å². The molecule has 0 spiro atoms. The summed E-state index contributed by atoms with van der Waals surface area (Å²) in [6.07, 6.45) is 2.82. The van der Waals surface area contributed by atoms with E-state index in [4.69, 9.17) is 11.6 Å². The molecule has 1 amide bonds. The summed E-state index contributed by atoms with van der Waals surface area (Å²) in [5.41, 5.74) is 5.87. The SMILES string of the molecule is CC(=O)N(c1nc(/C=N\Nc2cn[nH]c(=O)c2Cl)cs1)c1cccc(C)c1C. The van der Waals surface area contributed by atoms with Crippen LogP contribution in [0.1, 0.15) is 23.7 Å². The van der Waals surface area contributed by atoms with Crippen LogP contribution in [0.2, 0.25) is 5.02 Å². The molecule has 28 heavy (non-hydrogen) atoms. The summed E-state index contributed by atoms with van der Waals surface area (Å²) in [6, 6.07) is 5.80. The smallest absolute Gasteiger partial charge is 0.275 e. The van der Waals surface area contributed by atoms with Gasteiger partial charge in [0.15, 0.2) is 5.13 Å². The van der Waals surface area contributed by atoms with Crippen molar-refractivity contribution >= 4 is 51.6 Å². The largest absolute Gasteiger partial charge is 0.285 e. The Morgan fingerprint density at radius 2 is 2.18 bits per heavy atom. The number of nitrogens with one attached hydrogen (secondary N) is 2. The minimum Gasteiger partial charge on any atom is -0.275 e. The number of aryl methyl sites for hydroxylation is 1. The number of thiazole rings is 1. The minimum atomic E-state index is -0.511. The second kappa shape index (κ2) is 8.32. The molecule has 0 atom stereocenters. The summed E-state index contributed by atoms with van der Waals surface area (Å²) in [7, 11) is 0. The summed E-state index contributed by atoms with van der Waals surface area (Å²) in [5, 5.41) is 12.2. The van der Waals surface area contributed by atoms with Gasteiger partial charge in [0.1, 0.15) is 10.7 Å². The van der Waals surface area contributed by atoms with Crippen molar-refractivity contribution in [2.75, 3.05) is 10.3 Å². The molecule has 0 aliphatic carbocycles. The fraction of sp³-hybridized carbons (Fsp3) is 0.167. The quantitative estimate of drug-likeness (QED) is 0.488. The zero-order chi connectivity index (χ0) is 20.3. The van der Waals surface area contributed by atoms with Gasteiger partial charge in [0, 0.05) is 12.3 Å². The molecule has 0 unspecified atom stereocenters. The van der Waals surface area contributed by atoms with E-state index in [-0.39, 0.29) is 16.6 Å². The lowest BCUT2D eigenvalue weighted by atomic mass is 10.1. The summed E-state index contributed by atoms with van der Waals surface area (Å²) >= 11 is 7.20. The molecule has 144 valence electrons. The lowest BCUT2D eigenvalue weighted by molar-refractivity contribution is -0.115. The van der Waals surface area contributed by atoms with Gasteiger partial charge in [-0.25, -0.2) is 10.1 Å². The Morgan fingerprint density at radius 3 is 2.93 bits per heavy atom. The van der Waals surface area contributed by atoms with Crippen LogP contribution >= 0.6 is 22.9 Å². The molecule has 3 aromatic rings. The number of benzene rings is 1. The summed E-state index contributed by atoms with van der Waals surface area (Å²) < 4.78 is 0. The highest BCUT2D eigenvalue weighted by molar-refractivity contribution is 7.14. The Bertz CT molecular complexity index is 1110. The standard InChI is InChI=1S/C18H17ClN6O2S/c1-10-5-4-6-15(11(10)2)25(12(3)26)18-22-13(9-28-18)7-20-23-14-8-21-24-17(27)16(14)19/h4-9H,1-3H3,(H2,23,24,27)/b20-7-. The maximum atomic E-state index is 12.3. The molecule has 8 nitrogen and oxygen atoms in total. The van der Waals surface area contributed by atoms with Gasteiger partial charge in [-0.3, -0.25) is 19.9 Å². The van der Waals surface area contributed by atoms with Gasteiger partial charge in [0.2, 0.25) is 5.91 Å². The number of aromatic amines is 1. The highest BCUT2D eigenvalue weighted by Gasteiger charge is 2.20. The molecule has 0 saturated carbocycles. The highest BCUT2D eigenvalue weighted by Crippen LogP contribution is 2.32. The average Bonchev–Trinajstić information content (AvgIpc) is 3.10. The molecule has 3 rings (SSSR count). The molecule has 0 fully saturated rings. The lowest BCUT2D eigenvalue weighted by Crippen LogP contribution is -2.23. The number of carbonyl (C=O) groups excluding carboxylic acids is 1. The van der Waals surface area contributed by atoms with Gasteiger partial charge < -0.3 is 0 Å². The van der Waals surface area contributed by atoms with Gasteiger partial charge in [-0.05, 0) is 31.0 Å². The van der Waals surface area contributed by atoms with Crippen LogP contribution in [0.3, 0.4) is 0 Å². The lowest BCUT2D eigenvalue weighted by Gasteiger charge is -2.21. The third kappa shape index (κ3) is 4.10.